The molecule has 1 saturated heterocycles. The van der Waals surface area contributed by atoms with Gasteiger partial charge in [0, 0.05) is 23.7 Å². The molecule has 18 heavy (non-hydrogen) atoms. The van der Waals surface area contributed by atoms with Crippen molar-refractivity contribution >= 4 is 16.7 Å². The van der Waals surface area contributed by atoms with Gasteiger partial charge in [-0.25, -0.2) is 0 Å². The van der Waals surface area contributed by atoms with Crippen molar-refractivity contribution in [3.05, 3.63) is 35.5 Å². The molecule has 1 N–H and O–H groups in total. The van der Waals surface area contributed by atoms with Crippen LogP contribution in [0.1, 0.15) is 28.8 Å². The molecule has 2 aliphatic rings. The number of nitrogens with one attached hydrogen (secondary N) is 1. The van der Waals surface area contributed by atoms with E-state index in [0.29, 0.717) is 0 Å². The molecule has 0 aliphatic carbocycles. The Morgan fingerprint density at radius 3 is 3.17 bits per heavy atom. The molecule has 0 amide bonds. The second-order valence-electron chi connectivity index (χ2n) is 5.31. The summed E-state index contributed by atoms with van der Waals surface area (Å²) in [6, 6.07) is 6.37. The minimum Gasteiger partial charge on any atom is -0.346 e. The van der Waals surface area contributed by atoms with E-state index in [1.807, 2.05) is 0 Å². The van der Waals surface area contributed by atoms with Crippen molar-refractivity contribution in [3.63, 3.8) is 0 Å². The van der Waals surface area contributed by atoms with E-state index in [4.69, 9.17) is 0 Å². The van der Waals surface area contributed by atoms with E-state index in [1.54, 1.807) is 0 Å². The Bertz CT molecular complexity index is 635. The van der Waals surface area contributed by atoms with E-state index in [2.05, 4.69) is 34.3 Å². The van der Waals surface area contributed by atoms with Crippen LogP contribution in [0.2, 0.25) is 0 Å². The van der Waals surface area contributed by atoms with Crippen molar-refractivity contribution in [1.29, 1.82) is 0 Å². The van der Waals surface area contributed by atoms with Crippen molar-refractivity contribution in [3.8, 4) is 0 Å². The number of Topliss-reactive ketones (excluding diaryl/α,β-unsaturated/α-hetero) is 1. The molecule has 3 heteroatoms. The van der Waals surface area contributed by atoms with Crippen LogP contribution in [0, 0.1) is 0 Å². The normalized spacial score (nSPS) is 21.9. The van der Waals surface area contributed by atoms with Gasteiger partial charge in [-0.2, -0.15) is 0 Å². The fourth-order valence-corrected chi connectivity index (χ4v) is 3.35. The zero-order valence-corrected chi connectivity index (χ0v) is 10.3. The molecule has 0 radical (unpaired) electrons. The fourth-order valence-electron chi connectivity index (χ4n) is 3.35. The number of hydrogen-bond acceptors (Lipinski definition) is 2. The largest absolute Gasteiger partial charge is 0.346 e. The number of rotatable bonds is 2. The van der Waals surface area contributed by atoms with Gasteiger partial charge in [0.2, 0.25) is 0 Å². The predicted octanol–water partition coefficient (Wildman–Crippen LogP) is 2.13. The summed E-state index contributed by atoms with van der Waals surface area (Å²) in [6.07, 6.45) is 5.25. The summed E-state index contributed by atoms with van der Waals surface area (Å²) in [4.78, 5) is 12.5. The number of ketones is 1. The number of para-hydroxylation sites is 1. The number of carbonyl (C=O) groups is 1. The second-order valence-corrected chi connectivity index (χ2v) is 5.31. The standard InChI is InChI=1S/C15H16N2O/c18-15(13-5-2-7-16-13)12-9-17-8-6-10-3-1-4-11(12)14(10)17/h1,3-4,9,13,16H,2,5-8H2. The molecule has 1 unspecified atom stereocenters. The molecular formula is C15H16N2O. The molecule has 92 valence electrons. The van der Waals surface area contributed by atoms with Gasteiger partial charge in [-0.3, -0.25) is 4.79 Å². The minimum absolute atomic E-state index is 0.0344. The summed E-state index contributed by atoms with van der Waals surface area (Å²) >= 11 is 0. The molecular weight excluding hydrogens is 224 g/mol. The maximum atomic E-state index is 12.5. The van der Waals surface area contributed by atoms with Gasteiger partial charge in [0.15, 0.2) is 5.78 Å². The quantitative estimate of drug-likeness (QED) is 0.816. The van der Waals surface area contributed by atoms with Gasteiger partial charge in [0.25, 0.3) is 0 Å². The van der Waals surface area contributed by atoms with Gasteiger partial charge in [-0.1, -0.05) is 18.2 Å². The first kappa shape index (κ1) is 10.3. The van der Waals surface area contributed by atoms with Crippen LogP contribution in [0.4, 0.5) is 0 Å². The number of carbonyl (C=O) groups excluding carboxylic acids is 1. The number of benzene rings is 1. The zero-order chi connectivity index (χ0) is 12.1. The smallest absolute Gasteiger partial charge is 0.181 e. The first-order valence-electron chi connectivity index (χ1n) is 6.73. The highest BCUT2D eigenvalue weighted by molar-refractivity contribution is 6.11. The molecule has 0 spiro atoms. The lowest BCUT2D eigenvalue weighted by Gasteiger charge is -2.08. The third kappa shape index (κ3) is 1.31. The van der Waals surface area contributed by atoms with E-state index >= 15 is 0 Å². The van der Waals surface area contributed by atoms with Crippen molar-refractivity contribution in [1.82, 2.24) is 9.88 Å². The maximum Gasteiger partial charge on any atom is 0.181 e. The summed E-state index contributed by atoms with van der Waals surface area (Å²) in [5.41, 5.74) is 3.57. The second kappa shape index (κ2) is 3.69. The summed E-state index contributed by atoms with van der Waals surface area (Å²) in [7, 11) is 0. The Hall–Kier alpha value is -1.61. The number of hydrogen-bond donors (Lipinski definition) is 1. The third-order valence-corrected chi connectivity index (χ3v) is 4.25. The zero-order valence-electron chi connectivity index (χ0n) is 10.3. The lowest BCUT2D eigenvalue weighted by molar-refractivity contribution is 0.0953. The first-order valence-corrected chi connectivity index (χ1v) is 6.73. The van der Waals surface area contributed by atoms with Crippen LogP contribution >= 0.6 is 0 Å². The average Bonchev–Trinajstić information content (AvgIpc) is 3.10. The van der Waals surface area contributed by atoms with Gasteiger partial charge in [0.1, 0.15) is 0 Å². The lowest BCUT2D eigenvalue weighted by Crippen LogP contribution is -2.30. The van der Waals surface area contributed by atoms with E-state index in [0.717, 1.165) is 43.3 Å². The highest BCUT2D eigenvalue weighted by Crippen LogP contribution is 2.31. The predicted molar refractivity (Wildman–Crippen MR) is 71.0 cm³/mol. The average molecular weight is 240 g/mol. The molecule has 1 atom stereocenters. The van der Waals surface area contributed by atoms with Crippen LogP contribution in [-0.2, 0) is 13.0 Å². The molecule has 1 aromatic heterocycles. The Labute approximate surface area is 106 Å². The van der Waals surface area contributed by atoms with Gasteiger partial charge >= 0.3 is 0 Å². The summed E-state index contributed by atoms with van der Waals surface area (Å²) in [5, 5.41) is 4.44. The Kier molecular flexibility index (Phi) is 2.12. The SMILES string of the molecule is O=C(c1cn2c3c(cccc13)CC2)C1CCCN1. The van der Waals surface area contributed by atoms with Crippen LogP contribution in [0.15, 0.2) is 24.4 Å². The highest BCUT2D eigenvalue weighted by Gasteiger charge is 2.27. The third-order valence-electron chi connectivity index (χ3n) is 4.25. The fraction of sp³-hybridized carbons (Fsp3) is 0.400. The first-order chi connectivity index (χ1) is 8.84. The maximum absolute atomic E-state index is 12.5. The molecule has 3 nitrogen and oxygen atoms in total. The van der Waals surface area contributed by atoms with E-state index in [1.165, 1.54) is 11.1 Å². The van der Waals surface area contributed by atoms with Gasteiger partial charge in [-0.05, 0) is 31.4 Å². The van der Waals surface area contributed by atoms with Gasteiger partial charge in [-0.15, -0.1) is 0 Å². The summed E-state index contributed by atoms with van der Waals surface area (Å²) < 4.78 is 2.24. The Morgan fingerprint density at radius 1 is 1.39 bits per heavy atom. The van der Waals surface area contributed by atoms with Crippen molar-refractivity contribution in [2.24, 2.45) is 0 Å². The molecule has 0 bridgehead atoms. The molecule has 1 aromatic carbocycles. The molecule has 4 rings (SSSR count). The van der Waals surface area contributed by atoms with E-state index < -0.39 is 0 Å². The number of nitrogens with zero attached hydrogens (tertiary/aromatic N) is 1. The van der Waals surface area contributed by atoms with E-state index in [9.17, 15) is 4.79 Å². The van der Waals surface area contributed by atoms with Crippen LogP contribution < -0.4 is 5.32 Å². The Balaban J connectivity index is 1.86. The molecule has 1 fully saturated rings. The van der Waals surface area contributed by atoms with Crippen molar-refractivity contribution in [2.45, 2.75) is 31.8 Å². The van der Waals surface area contributed by atoms with Crippen molar-refractivity contribution in [2.75, 3.05) is 6.54 Å². The van der Waals surface area contributed by atoms with Gasteiger partial charge < -0.3 is 9.88 Å². The number of aryl methyl sites for hydroxylation is 2. The van der Waals surface area contributed by atoms with E-state index in [-0.39, 0.29) is 11.8 Å². The van der Waals surface area contributed by atoms with Crippen LogP contribution in [0.5, 0.6) is 0 Å². The molecule has 2 aromatic rings. The van der Waals surface area contributed by atoms with Crippen LogP contribution in [0.3, 0.4) is 0 Å². The number of aromatic nitrogens is 1. The Morgan fingerprint density at radius 2 is 2.33 bits per heavy atom. The highest BCUT2D eigenvalue weighted by atomic mass is 16.1. The summed E-state index contributed by atoms with van der Waals surface area (Å²) in [5.74, 6) is 0.273. The molecule has 3 heterocycles. The van der Waals surface area contributed by atoms with Crippen LogP contribution in [-0.4, -0.2) is 22.9 Å². The summed E-state index contributed by atoms with van der Waals surface area (Å²) in [6.45, 7) is 1.99. The van der Waals surface area contributed by atoms with Crippen molar-refractivity contribution < 1.29 is 4.79 Å². The molecule has 2 aliphatic heterocycles. The van der Waals surface area contributed by atoms with Gasteiger partial charge in [0.05, 0.1) is 11.6 Å². The molecule has 0 saturated carbocycles. The monoisotopic (exact) mass is 240 g/mol. The topological polar surface area (TPSA) is 34.0 Å². The minimum atomic E-state index is 0.0344. The van der Waals surface area contributed by atoms with Crippen LogP contribution in [0.25, 0.3) is 10.9 Å². The lowest BCUT2D eigenvalue weighted by atomic mass is 10.0.